The lowest BCUT2D eigenvalue weighted by atomic mass is 9.82. The Bertz CT molecular complexity index is 769. The van der Waals surface area contributed by atoms with Crippen molar-refractivity contribution < 1.29 is 28.7 Å². The SMILES string of the molecule is COc1cccc(C(=O)COC(=O)CN2C(=O)NC3(CCCCC3)C2=O)c1. The van der Waals surface area contributed by atoms with E-state index in [0.29, 0.717) is 24.2 Å². The third kappa shape index (κ3) is 3.94. The number of benzene rings is 1. The molecule has 0 aromatic heterocycles. The largest absolute Gasteiger partial charge is 0.497 e. The topological polar surface area (TPSA) is 102 Å². The number of amides is 3. The van der Waals surface area contributed by atoms with Crippen LogP contribution >= 0.6 is 0 Å². The first-order valence-corrected chi connectivity index (χ1v) is 8.92. The number of urea groups is 1. The van der Waals surface area contributed by atoms with E-state index >= 15 is 0 Å². The molecule has 3 amide bonds. The van der Waals surface area contributed by atoms with Crippen molar-refractivity contribution in [1.29, 1.82) is 0 Å². The highest BCUT2D eigenvalue weighted by Crippen LogP contribution is 2.33. The number of hydrogen-bond acceptors (Lipinski definition) is 6. The Morgan fingerprint density at radius 1 is 1.19 bits per heavy atom. The summed E-state index contributed by atoms with van der Waals surface area (Å²) in [4.78, 5) is 49.8. The fourth-order valence-corrected chi connectivity index (χ4v) is 3.51. The summed E-state index contributed by atoms with van der Waals surface area (Å²) < 4.78 is 10.0. The van der Waals surface area contributed by atoms with Gasteiger partial charge in [0.05, 0.1) is 7.11 Å². The van der Waals surface area contributed by atoms with E-state index in [1.54, 1.807) is 24.3 Å². The molecule has 1 aromatic rings. The predicted octanol–water partition coefficient (Wildman–Crippen LogP) is 1.68. The number of carbonyl (C=O) groups excluding carboxylic acids is 4. The van der Waals surface area contributed by atoms with Crippen molar-refractivity contribution in [3.63, 3.8) is 0 Å². The molecule has 144 valence electrons. The van der Waals surface area contributed by atoms with E-state index < -0.39 is 36.5 Å². The number of ketones is 1. The quantitative estimate of drug-likeness (QED) is 0.462. The zero-order valence-corrected chi connectivity index (χ0v) is 15.2. The molecular formula is C19H22N2O6. The van der Waals surface area contributed by atoms with E-state index in [4.69, 9.17) is 9.47 Å². The molecule has 1 aliphatic heterocycles. The summed E-state index contributed by atoms with van der Waals surface area (Å²) in [6.07, 6.45) is 3.91. The molecule has 2 fully saturated rings. The molecule has 2 aliphatic rings. The first kappa shape index (κ1) is 18.9. The van der Waals surface area contributed by atoms with Gasteiger partial charge in [-0.05, 0) is 25.0 Å². The summed E-state index contributed by atoms with van der Waals surface area (Å²) in [6, 6.07) is 5.90. The van der Waals surface area contributed by atoms with Gasteiger partial charge in [-0.2, -0.15) is 0 Å². The van der Waals surface area contributed by atoms with Gasteiger partial charge in [0.1, 0.15) is 17.8 Å². The lowest BCUT2D eigenvalue weighted by Gasteiger charge is -2.30. The molecule has 0 unspecified atom stereocenters. The molecule has 0 bridgehead atoms. The van der Waals surface area contributed by atoms with Crippen LogP contribution in [0.15, 0.2) is 24.3 Å². The fraction of sp³-hybridized carbons (Fsp3) is 0.474. The van der Waals surface area contributed by atoms with Gasteiger partial charge in [0, 0.05) is 5.56 Å². The van der Waals surface area contributed by atoms with Crippen LogP contribution in [0.5, 0.6) is 5.75 Å². The van der Waals surface area contributed by atoms with Crippen molar-refractivity contribution >= 4 is 23.7 Å². The summed E-state index contributed by atoms with van der Waals surface area (Å²) >= 11 is 0. The van der Waals surface area contributed by atoms with E-state index in [1.807, 2.05) is 0 Å². The molecule has 1 N–H and O–H groups in total. The average molecular weight is 374 g/mol. The van der Waals surface area contributed by atoms with Gasteiger partial charge in [-0.15, -0.1) is 0 Å². The minimum absolute atomic E-state index is 0.346. The van der Waals surface area contributed by atoms with Gasteiger partial charge in [0.2, 0.25) is 0 Å². The van der Waals surface area contributed by atoms with Crippen LogP contribution < -0.4 is 10.1 Å². The van der Waals surface area contributed by atoms with Crippen LogP contribution in [0, 0.1) is 0 Å². The Labute approximate surface area is 156 Å². The van der Waals surface area contributed by atoms with Gasteiger partial charge in [-0.25, -0.2) is 4.79 Å². The molecular weight excluding hydrogens is 352 g/mol. The van der Waals surface area contributed by atoms with Crippen LogP contribution in [0.25, 0.3) is 0 Å². The van der Waals surface area contributed by atoms with Crippen LogP contribution in [-0.4, -0.2) is 54.4 Å². The van der Waals surface area contributed by atoms with E-state index in [-0.39, 0.29) is 5.91 Å². The summed E-state index contributed by atoms with van der Waals surface area (Å²) in [5.74, 6) is -1.07. The van der Waals surface area contributed by atoms with Gasteiger partial charge >= 0.3 is 12.0 Å². The molecule has 1 saturated carbocycles. The first-order chi connectivity index (χ1) is 12.9. The monoisotopic (exact) mass is 374 g/mol. The Balaban J connectivity index is 1.55. The van der Waals surface area contributed by atoms with Crippen molar-refractivity contribution in [3.8, 4) is 5.75 Å². The Hall–Kier alpha value is -2.90. The molecule has 1 saturated heterocycles. The zero-order chi connectivity index (χ0) is 19.4. The number of nitrogens with zero attached hydrogens (tertiary/aromatic N) is 1. The lowest BCUT2D eigenvalue weighted by molar-refractivity contribution is -0.147. The van der Waals surface area contributed by atoms with Crippen molar-refractivity contribution in [2.45, 2.75) is 37.6 Å². The Morgan fingerprint density at radius 2 is 1.93 bits per heavy atom. The molecule has 0 atom stereocenters. The number of imide groups is 1. The van der Waals surface area contributed by atoms with Crippen LogP contribution in [0.1, 0.15) is 42.5 Å². The summed E-state index contributed by atoms with van der Waals surface area (Å²) in [5, 5.41) is 2.73. The molecule has 3 rings (SSSR count). The van der Waals surface area contributed by atoms with Gasteiger partial charge in [-0.1, -0.05) is 31.4 Å². The molecule has 1 aliphatic carbocycles. The summed E-state index contributed by atoms with van der Waals surface area (Å²) in [7, 11) is 1.49. The highest BCUT2D eigenvalue weighted by atomic mass is 16.5. The van der Waals surface area contributed by atoms with E-state index in [9.17, 15) is 19.2 Å². The van der Waals surface area contributed by atoms with Crippen LogP contribution in [0.2, 0.25) is 0 Å². The Kier molecular flexibility index (Phi) is 5.43. The van der Waals surface area contributed by atoms with Crippen molar-refractivity contribution in [2.75, 3.05) is 20.3 Å². The van der Waals surface area contributed by atoms with Gasteiger partial charge < -0.3 is 14.8 Å². The van der Waals surface area contributed by atoms with Gasteiger partial charge in [0.25, 0.3) is 5.91 Å². The first-order valence-electron chi connectivity index (χ1n) is 8.92. The van der Waals surface area contributed by atoms with E-state index in [0.717, 1.165) is 24.2 Å². The predicted molar refractivity (Wildman–Crippen MR) is 94.3 cm³/mol. The third-order valence-electron chi connectivity index (χ3n) is 5.00. The molecule has 8 heteroatoms. The maximum Gasteiger partial charge on any atom is 0.326 e. The number of hydrogen-bond donors (Lipinski definition) is 1. The molecule has 1 spiro atoms. The maximum absolute atomic E-state index is 12.6. The van der Waals surface area contributed by atoms with Crippen molar-refractivity contribution in [3.05, 3.63) is 29.8 Å². The minimum Gasteiger partial charge on any atom is -0.497 e. The number of esters is 1. The van der Waals surface area contributed by atoms with Gasteiger partial charge in [-0.3, -0.25) is 19.3 Å². The van der Waals surface area contributed by atoms with Crippen LogP contribution in [-0.2, 0) is 14.3 Å². The number of ether oxygens (including phenoxy) is 2. The maximum atomic E-state index is 12.6. The summed E-state index contributed by atoms with van der Waals surface area (Å²) in [6.45, 7) is -0.974. The van der Waals surface area contributed by atoms with Crippen molar-refractivity contribution in [2.24, 2.45) is 0 Å². The highest BCUT2D eigenvalue weighted by Gasteiger charge is 2.51. The van der Waals surface area contributed by atoms with Crippen molar-refractivity contribution in [1.82, 2.24) is 10.2 Å². The molecule has 27 heavy (non-hydrogen) atoms. The van der Waals surface area contributed by atoms with Crippen LogP contribution in [0.3, 0.4) is 0 Å². The summed E-state index contributed by atoms with van der Waals surface area (Å²) in [5.41, 5.74) is -0.537. The standard InChI is InChI=1S/C19H22N2O6/c1-26-14-7-5-6-13(10-14)15(22)12-27-16(23)11-21-17(24)19(20-18(21)25)8-3-2-4-9-19/h5-7,10H,2-4,8-9,11-12H2,1H3,(H,20,25). The van der Waals surface area contributed by atoms with Crippen LogP contribution in [0.4, 0.5) is 4.79 Å². The second-order valence-corrected chi connectivity index (χ2v) is 6.78. The molecule has 8 nitrogen and oxygen atoms in total. The third-order valence-corrected chi connectivity index (χ3v) is 5.00. The smallest absolute Gasteiger partial charge is 0.326 e. The second kappa shape index (κ2) is 7.77. The number of rotatable bonds is 6. The molecule has 0 radical (unpaired) electrons. The van der Waals surface area contributed by atoms with E-state index in [1.165, 1.54) is 7.11 Å². The number of methoxy groups -OCH3 is 1. The minimum atomic E-state index is -0.883. The fourth-order valence-electron chi connectivity index (χ4n) is 3.51. The molecule has 1 heterocycles. The van der Waals surface area contributed by atoms with Gasteiger partial charge in [0.15, 0.2) is 12.4 Å². The highest BCUT2D eigenvalue weighted by molar-refractivity contribution is 6.08. The second-order valence-electron chi connectivity index (χ2n) is 6.78. The zero-order valence-electron chi connectivity index (χ0n) is 15.2. The molecule has 1 aromatic carbocycles. The number of carbonyl (C=O) groups is 4. The normalized spacial score (nSPS) is 18.3. The Morgan fingerprint density at radius 3 is 2.63 bits per heavy atom. The lowest BCUT2D eigenvalue weighted by Crippen LogP contribution is -2.48. The van der Waals surface area contributed by atoms with E-state index in [2.05, 4.69) is 5.32 Å². The number of nitrogens with one attached hydrogen (secondary N) is 1. The average Bonchev–Trinajstić information content (AvgIpc) is 2.90. The number of Topliss-reactive ketones (excluding diaryl/α,β-unsaturated/α-hetero) is 1.